The van der Waals surface area contributed by atoms with E-state index in [1.54, 1.807) is 6.92 Å². The molecular weight excluding hydrogens is 339 g/mol. The minimum absolute atomic E-state index is 0.146. The third kappa shape index (κ3) is 7.42. The van der Waals surface area contributed by atoms with Crippen molar-refractivity contribution in [3.8, 4) is 5.75 Å². The van der Waals surface area contributed by atoms with Crippen LogP contribution in [0, 0.1) is 0 Å². The molecule has 9 heteroatoms. The van der Waals surface area contributed by atoms with Crippen molar-refractivity contribution in [1.29, 1.82) is 0 Å². The highest BCUT2D eigenvalue weighted by Crippen LogP contribution is 2.23. The van der Waals surface area contributed by atoms with Crippen LogP contribution in [0.5, 0.6) is 5.75 Å². The Labute approximate surface area is 144 Å². The largest absolute Gasteiger partial charge is 0.573 e. The van der Waals surface area contributed by atoms with E-state index in [4.69, 9.17) is 0 Å². The SMILES string of the molecule is CCNC(=O)C[NH+](CC)[C@H](C)C(=O)Nc1ccc(OC(F)(F)F)cc1. The van der Waals surface area contributed by atoms with Gasteiger partial charge in [-0.05, 0) is 45.0 Å². The van der Waals surface area contributed by atoms with Gasteiger partial charge in [0.15, 0.2) is 12.6 Å². The summed E-state index contributed by atoms with van der Waals surface area (Å²) < 4.78 is 40.1. The van der Waals surface area contributed by atoms with Gasteiger partial charge in [-0.15, -0.1) is 13.2 Å². The molecule has 1 unspecified atom stereocenters. The third-order valence-electron chi connectivity index (χ3n) is 3.58. The molecule has 1 aromatic rings. The first kappa shape index (κ1) is 20.8. The summed E-state index contributed by atoms with van der Waals surface area (Å²) in [5.74, 6) is -0.839. The van der Waals surface area contributed by atoms with Crippen molar-refractivity contribution in [1.82, 2.24) is 5.32 Å². The van der Waals surface area contributed by atoms with E-state index < -0.39 is 12.4 Å². The molecule has 0 aromatic heterocycles. The maximum atomic E-state index is 12.3. The molecule has 0 fully saturated rings. The van der Waals surface area contributed by atoms with Crippen LogP contribution in [-0.2, 0) is 9.59 Å². The predicted octanol–water partition coefficient (Wildman–Crippen LogP) is 0.953. The molecule has 0 spiro atoms. The summed E-state index contributed by atoms with van der Waals surface area (Å²) >= 11 is 0. The summed E-state index contributed by atoms with van der Waals surface area (Å²) in [4.78, 5) is 24.7. The third-order valence-corrected chi connectivity index (χ3v) is 3.58. The minimum atomic E-state index is -4.76. The number of alkyl halides is 3. The fourth-order valence-electron chi connectivity index (χ4n) is 2.23. The number of quaternary nitrogens is 1. The number of likely N-dealkylation sites (N-methyl/N-ethyl adjacent to an activating group) is 2. The van der Waals surface area contributed by atoms with E-state index in [1.165, 1.54) is 12.1 Å². The molecule has 0 saturated heterocycles. The summed E-state index contributed by atoms with van der Waals surface area (Å²) in [5, 5.41) is 5.30. The van der Waals surface area contributed by atoms with Crippen LogP contribution in [0.25, 0.3) is 0 Å². The lowest BCUT2D eigenvalue weighted by Crippen LogP contribution is -3.17. The standard InChI is InChI=1S/C16H22F3N3O3/c1-4-20-14(23)10-22(5-2)11(3)15(24)21-12-6-8-13(9-7-12)25-16(17,18)19/h6-9,11H,4-5,10H2,1-3H3,(H,20,23)(H,21,24)/p+1/t11-/m1/s1. The van der Waals surface area contributed by atoms with Gasteiger partial charge in [-0.1, -0.05) is 0 Å². The Bertz CT molecular complexity index is 576. The van der Waals surface area contributed by atoms with Gasteiger partial charge < -0.3 is 20.3 Å². The Balaban J connectivity index is 2.65. The highest BCUT2D eigenvalue weighted by molar-refractivity contribution is 5.93. The number of carbonyl (C=O) groups is 2. The van der Waals surface area contributed by atoms with Crippen molar-refractivity contribution >= 4 is 17.5 Å². The van der Waals surface area contributed by atoms with Crippen molar-refractivity contribution in [2.24, 2.45) is 0 Å². The van der Waals surface area contributed by atoms with E-state index in [1.807, 2.05) is 13.8 Å². The van der Waals surface area contributed by atoms with Gasteiger partial charge in [-0.3, -0.25) is 9.59 Å². The van der Waals surface area contributed by atoms with Crippen LogP contribution in [0.3, 0.4) is 0 Å². The Kier molecular flexibility index (Phi) is 7.69. The smallest absolute Gasteiger partial charge is 0.406 e. The van der Waals surface area contributed by atoms with Gasteiger partial charge in [-0.25, -0.2) is 0 Å². The van der Waals surface area contributed by atoms with Crippen molar-refractivity contribution in [3.63, 3.8) is 0 Å². The maximum absolute atomic E-state index is 12.3. The Morgan fingerprint density at radius 1 is 1.20 bits per heavy atom. The zero-order valence-electron chi connectivity index (χ0n) is 14.4. The van der Waals surface area contributed by atoms with Crippen LogP contribution >= 0.6 is 0 Å². The second-order valence-electron chi connectivity index (χ2n) is 5.43. The normalized spacial score (nSPS) is 13.7. The number of benzene rings is 1. The van der Waals surface area contributed by atoms with Gasteiger partial charge in [0.05, 0.1) is 6.54 Å². The fourth-order valence-corrected chi connectivity index (χ4v) is 2.23. The highest BCUT2D eigenvalue weighted by atomic mass is 19.4. The number of amides is 2. The van der Waals surface area contributed by atoms with Crippen LogP contribution < -0.4 is 20.3 Å². The lowest BCUT2D eigenvalue weighted by atomic mass is 10.2. The van der Waals surface area contributed by atoms with Crippen molar-refractivity contribution in [2.45, 2.75) is 33.2 Å². The maximum Gasteiger partial charge on any atom is 0.573 e. The monoisotopic (exact) mass is 362 g/mol. The first-order valence-electron chi connectivity index (χ1n) is 7.94. The minimum Gasteiger partial charge on any atom is -0.406 e. The quantitative estimate of drug-likeness (QED) is 0.645. The van der Waals surface area contributed by atoms with Gasteiger partial charge in [-0.2, -0.15) is 0 Å². The molecule has 1 aromatic carbocycles. The topological polar surface area (TPSA) is 71.9 Å². The van der Waals surface area contributed by atoms with Crippen LogP contribution in [0.1, 0.15) is 20.8 Å². The Hall–Kier alpha value is -2.29. The first-order chi connectivity index (χ1) is 11.7. The van der Waals surface area contributed by atoms with Crippen LogP contribution in [0.2, 0.25) is 0 Å². The second-order valence-corrected chi connectivity index (χ2v) is 5.43. The first-order valence-corrected chi connectivity index (χ1v) is 7.94. The number of anilines is 1. The summed E-state index contributed by atoms with van der Waals surface area (Å²) in [6.45, 7) is 6.62. The second kappa shape index (κ2) is 9.26. The summed E-state index contributed by atoms with van der Waals surface area (Å²) in [6, 6.07) is 4.38. The van der Waals surface area contributed by atoms with Crippen molar-refractivity contribution < 1.29 is 32.4 Å². The molecule has 0 bridgehead atoms. The lowest BCUT2D eigenvalue weighted by Gasteiger charge is -2.23. The van der Waals surface area contributed by atoms with E-state index in [0.29, 0.717) is 18.8 Å². The molecule has 0 aliphatic carbocycles. The van der Waals surface area contributed by atoms with E-state index in [9.17, 15) is 22.8 Å². The summed E-state index contributed by atoms with van der Waals surface area (Å²) in [7, 11) is 0. The van der Waals surface area contributed by atoms with Gasteiger partial charge >= 0.3 is 6.36 Å². The number of ether oxygens (including phenoxy) is 1. The zero-order chi connectivity index (χ0) is 19.0. The molecule has 140 valence electrons. The number of nitrogens with one attached hydrogen (secondary N) is 3. The number of carbonyl (C=O) groups excluding carboxylic acids is 2. The average Bonchev–Trinajstić information content (AvgIpc) is 2.52. The van der Waals surface area contributed by atoms with E-state index >= 15 is 0 Å². The number of rotatable bonds is 8. The number of hydrogen-bond donors (Lipinski definition) is 3. The van der Waals surface area contributed by atoms with Crippen LogP contribution in [0.4, 0.5) is 18.9 Å². The van der Waals surface area contributed by atoms with Gasteiger partial charge in [0, 0.05) is 12.2 Å². The molecule has 2 amide bonds. The average molecular weight is 362 g/mol. The molecule has 2 atom stereocenters. The molecule has 0 heterocycles. The van der Waals surface area contributed by atoms with Crippen molar-refractivity contribution in [2.75, 3.05) is 25.0 Å². The Morgan fingerprint density at radius 3 is 2.28 bits per heavy atom. The number of hydrogen-bond acceptors (Lipinski definition) is 3. The van der Waals surface area contributed by atoms with Crippen LogP contribution in [-0.4, -0.2) is 43.9 Å². The molecule has 0 aliphatic heterocycles. The molecular formula is C16H23F3N3O3+. The molecule has 3 N–H and O–H groups in total. The summed E-state index contributed by atoms with van der Waals surface area (Å²) in [6.07, 6.45) is -4.76. The molecule has 6 nitrogen and oxygen atoms in total. The van der Waals surface area contributed by atoms with E-state index in [0.717, 1.165) is 17.0 Å². The predicted molar refractivity (Wildman–Crippen MR) is 86.3 cm³/mol. The fraction of sp³-hybridized carbons (Fsp3) is 0.500. The lowest BCUT2D eigenvalue weighted by molar-refractivity contribution is -0.904. The van der Waals surface area contributed by atoms with Crippen LogP contribution in [0.15, 0.2) is 24.3 Å². The molecule has 25 heavy (non-hydrogen) atoms. The zero-order valence-corrected chi connectivity index (χ0v) is 14.4. The van der Waals surface area contributed by atoms with Gasteiger partial charge in [0.2, 0.25) is 0 Å². The van der Waals surface area contributed by atoms with Gasteiger partial charge in [0.25, 0.3) is 11.8 Å². The molecule has 0 aliphatic rings. The molecule has 0 radical (unpaired) electrons. The highest BCUT2D eigenvalue weighted by Gasteiger charge is 2.31. The van der Waals surface area contributed by atoms with E-state index in [2.05, 4.69) is 15.4 Å². The van der Waals surface area contributed by atoms with Crippen molar-refractivity contribution in [3.05, 3.63) is 24.3 Å². The Morgan fingerprint density at radius 2 is 1.80 bits per heavy atom. The van der Waals surface area contributed by atoms with Gasteiger partial charge in [0.1, 0.15) is 5.75 Å². The summed E-state index contributed by atoms with van der Waals surface area (Å²) in [5.41, 5.74) is 0.347. The van der Waals surface area contributed by atoms with E-state index in [-0.39, 0.29) is 24.1 Å². The molecule has 0 saturated carbocycles. The number of halogens is 3. The molecule has 1 rings (SSSR count).